The molecule has 2 N–H and O–H groups in total. The molecule has 0 radical (unpaired) electrons. The molecule has 0 atom stereocenters. The van der Waals surface area contributed by atoms with Gasteiger partial charge in [0.2, 0.25) is 0 Å². The molecule has 0 amide bonds. The summed E-state index contributed by atoms with van der Waals surface area (Å²) in [6.45, 7) is 8.47. The maximum absolute atomic E-state index is 4.61. The van der Waals surface area contributed by atoms with Crippen molar-refractivity contribution in [2.45, 2.75) is 65.2 Å². The lowest BCUT2D eigenvalue weighted by Gasteiger charge is -2.11. The third-order valence-electron chi connectivity index (χ3n) is 3.45. The highest BCUT2D eigenvalue weighted by Gasteiger charge is 1.97. The summed E-state index contributed by atoms with van der Waals surface area (Å²) in [6.07, 6.45) is 10.3. The van der Waals surface area contributed by atoms with Crippen molar-refractivity contribution in [3.05, 3.63) is 0 Å². The zero-order valence-electron chi connectivity index (χ0n) is 14.9. The van der Waals surface area contributed by atoms with Gasteiger partial charge < -0.3 is 15.5 Å². The number of nitrogens with zero attached hydrogens (tertiary/aromatic N) is 2. The van der Waals surface area contributed by atoms with Crippen LogP contribution >= 0.6 is 0 Å². The Morgan fingerprint density at radius 1 is 0.857 bits per heavy atom. The van der Waals surface area contributed by atoms with Gasteiger partial charge in [0.05, 0.1) is 0 Å². The van der Waals surface area contributed by atoms with Crippen LogP contribution in [0.5, 0.6) is 0 Å². The molecule has 4 nitrogen and oxygen atoms in total. The highest BCUT2D eigenvalue weighted by molar-refractivity contribution is 5.79. The Bertz CT molecular complexity index is 239. The number of unbranched alkanes of at least 4 members (excludes halogenated alkanes) is 6. The lowest BCUT2D eigenvalue weighted by atomic mass is 10.1. The summed E-state index contributed by atoms with van der Waals surface area (Å²) in [5.41, 5.74) is 0. The number of hydrogen-bond acceptors (Lipinski definition) is 2. The molecule has 0 aromatic carbocycles. The predicted octanol–water partition coefficient (Wildman–Crippen LogP) is 3.24. The van der Waals surface area contributed by atoms with E-state index in [1.165, 1.54) is 57.9 Å². The first kappa shape index (κ1) is 20.2. The molecule has 0 aromatic heterocycles. The van der Waals surface area contributed by atoms with Crippen LogP contribution < -0.4 is 10.6 Å². The summed E-state index contributed by atoms with van der Waals surface area (Å²) < 4.78 is 0. The average molecular weight is 299 g/mol. The minimum atomic E-state index is 0.935. The third-order valence-corrected chi connectivity index (χ3v) is 3.45. The molecule has 0 saturated heterocycles. The maximum atomic E-state index is 4.61. The number of aliphatic imine (C=N–C) groups is 1. The highest BCUT2D eigenvalue weighted by atomic mass is 15.2. The zero-order chi connectivity index (χ0) is 15.8. The van der Waals surface area contributed by atoms with Gasteiger partial charge in [-0.2, -0.15) is 0 Å². The molecule has 4 heteroatoms. The van der Waals surface area contributed by atoms with E-state index in [9.17, 15) is 0 Å². The molecule has 0 unspecified atom stereocenters. The summed E-state index contributed by atoms with van der Waals surface area (Å²) in [4.78, 5) is 6.87. The SMILES string of the molecule is CCCCCN=C(NCC)NCCCCCCCN(C)C. The molecule has 0 aliphatic heterocycles. The van der Waals surface area contributed by atoms with E-state index < -0.39 is 0 Å². The Labute approximate surface area is 132 Å². The van der Waals surface area contributed by atoms with Gasteiger partial charge in [-0.05, 0) is 46.8 Å². The van der Waals surface area contributed by atoms with Gasteiger partial charge in [-0.1, -0.05) is 39.0 Å². The molecule has 0 aliphatic rings. The van der Waals surface area contributed by atoms with E-state index in [4.69, 9.17) is 0 Å². The molecule has 0 spiro atoms. The Balaban J connectivity index is 3.55. The van der Waals surface area contributed by atoms with Crippen LogP contribution in [0.3, 0.4) is 0 Å². The second kappa shape index (κ2) is 15.6. The molecule has 0 rings (SSSR count). The number of guanidine groups is 1. The van der Waals surface area contributed by atoms with Gasteiger partial charge in [0, 0.05) is 19.6 Å². The molecule has 0 heterocycles. The minimum Gasteiger partial charge on any atom is -0.357 e. The third kappa shape index (κ3) is 15.4. The summed E-state index contributed by atoms with van der Waals surface area (Å²) in [6, 6.07) is 0. The monoisotopic (exact) mass is 298 g/mol. The second-order valence-electron chi connectivity index (χ2n) is 5.97. The fraction of sp³-hybridized carbons (Fsp3) is 0.941. The molecular formula is C17H38N4. The van der Waals surface area contributed by atoms with Crippen LogP contribution in [0.1, 0.15) is 65.2 Å². The fourth-order valence-corrected chi connectivity index (χ4v) is 2.18. The molecule has 0 bridgehead atoms. The lowest BCUT2D eigenvalue weighted by Crippen LogP contribution is -2.37. The van der Waals surface area contributed by atoms with Crippen LogP contribution in [0, 0.1) is 0 Å². The average Bonchev–Trinajstić information content (AvgIpc) is 2.45. The zero-order valence-corrected chi connectivity index (χ0v) is 14.9. The summed E-state index contributed by atoms with van der Waals surface area (Å²) in [7, 11) is 4.29. The predicted molar refractivity (Wildman–Crippen MR) is 95.1 cm³/mol. The van der Waals surface area contributed by atoms with Crippen LogP contribution in [-0.2, 0) is 0 Å². The lowest BCUT2D eigenvalue weighted by molar-refractivity contribution is 0.389. The van der Waals surface area contributed by atoms with E-state index in [0.717, 1.165) is 25.6 Å². The smallest absolute Gasteiger partial charge is 0.191 e. The number of nitrogens with one attached hydrogen (secondary N) is 2. The topological polar surface area (TPSA) is 39.7 Å². The molecule has 0 saturated carbocycles. The molecule has 0 aromatic rings. The maximum Gasteiger partial charge on any atom is 0.191 e. The summed E-state index contributed by atoms with van der Waals surface area (Å²) >= 11 is 0. The molecule has 126 valence electrons. The van der Waals surface area contributed by atoms with E-state index in [0.29, 0.717) is 0 Å². The van der Waals surface area contributed by atoms with Crippen LogP contribution in [0.2, 0.25) is 0 Å². The van der Waals surface area contributed by atoms with Gasteiger partial charge in [-0.25, -0.2) is 0 Å². The fourth-order valence-electron chi connectivity index (χ4n) is 2.18. The molecular weight excluding hydrogens is 260 g/mol. The van der Waals surface area contributed by atoms with Gasteiger partial charge in [0.1, 0.15) is 0 Å². The van der Waals surface area contributed by atoms with Crippen molar-refractivity contribution < 1.29 is 0 Å². The van der Waals surface area contributed by atoms with Crippen molar-refractivity contribution in [2.75, 3.05) is 40.3 Å². The van der Waals surface area contributed by atoms with Gasteiger partial charge >= 0.3 is 0 Å². The Morgan fingerprint density at radius 2 is 1.57 bits per heavy atom. The number of rotatable bonds is 13. The van der Waals surface area contributed by atoms with Crippen molar-refractivity contribution in [2.24, 2.45) is 4.99 Å². The van der Waals surface area contributed by atoms with E-state index in [1.807, 2.05) is 0 Å². The first-order chi connectivity index (χ1) is 10.2. The van der Waals surface area contributed by atoms with E-state index in [2.05, 4.69) is 48.5 Å². The van der Waals surface area contributed by atoms with Crippen molar-refractivity contribution >= 4 is 5.96 Å². The first-order valence-corrected chi connectivity index (χ1v) is 8.87. The van der Waals surface area contributed by atoms with Crippen LogP contribution in [0.25, 0.3) is 0 Å². The van der Waals surface area contributed by atoms with Crippen molar-refractivity contribution in [3.63, 3.8) is 0 Å². The van der Waals surface area contributed by atoms with Gasteiger partial charge in [-0.15, -0.1) is 0 Å². The van der Waals surface area contributed by atoms with Gasteiger partial charge in [0.25, 0.3) is 0 Å². The quantitative estimate of drug-likeness (QED) is 0.311. The standard InChI is InChI=1S/C17H38N4/c1-5-7-11-14-19-17(18-6-2)20-15-12-9-8-10-13-16-21(3)4/h5-16H2,1-4H3,(H2,18,19,20). The van der Waals surface area contributed by atoms with Crippen molar-refractivity contribution in [1.29, 1.82) is 0 Å². The Morgan fingerprint density at radius 3 is 2.24 bits per heavy atom. The molecule has 21 heavy (non-hydrogen) atoms. The van der Waals surface area contributed by atoms with Gasteiger partial charge in [0.15, 0.2) is 5.96 Å². The highest BCUT2D eigenvalue weighted by Crippen LogP contribution is 2.02. The van der Waals surface area contributed by atoms with Crippen molar-refractivity contribution in [1.82, 2.24) is 15.5 Å². The number of hydrogen-bond donors (Lipinski definition) is 2. The van der Waals surface area contributed by atoms with Crippen molar-refractivity contribution in [3.8, 4) is 0 Å². The first-order valence-electron chi connectivity index (χ1n) is 8.87. The van der Waals surface area contributed by atoms with Crippen LogP contribution in [0.15, 0.2) is 4.99 Å². The normalized spacial score (nSPS) is 12.0. The largest absolute Gasteiger partial charge is 0.357 e. The van der Waals surface area contributed by atoms with Crippen LogP contribution in [-0.4, -0.2) is 51.1 Å². The molecule has 0 aliphatic carbocycles. The van der Waals surface area contributed by atoms with E-state index >= 15 is 0 Å². The Hall–Kier alpha value is -0.770. The van der Waals surface area contributed by atoms with E-state index in [1.54, 1.807) is 0 Å². The summed E-state index contributed by atoms with van der Waals surface area (Å²) in [5, 5.41) is 6.75. The van der Waals surface area contributed by atoms with Gasteiger partial charge in [-0.3, -0.25) is 4.99 Å². The van der Waals surface area contributed by atoms with E-state index in [-0.39, 0.29) is 0 Å². The summed E-state index contributed by atoms with van der Waals surface area (Å²) in [5.74, 6) is 0.987. The minimum absolute atomic E-state index is 0.935. The Kier molecular flexibility index (Phi) is 15.0. The molecule has 0 fully saturated rings. The van der Waals surface area contributed by atoms with Crippen LogP contribution in [0.4, 0.5) is 0 Å². The second-order valence-corrected chi connectivity index (χ2v) is 5.97.